The molecule has 0 amide bonds. The van der Waals surface area contributed by atoms with Crippen LogP contribution in [0.4, 0.5) is 11.4 Å². The molecule has 0 heterocycles. The molecule has 15 heavy (non-hydrogen) atoms. The lowest BCUT2D eigenvalue weighted by Crippen LogP contribution is -2.32. The fourth-order valence-corrected chi connectivity index (χ4v) is 2.56. The predicted molar refractivity (Wildman–Crippen MR) is 63.3 cm³/mol. The normalized spacial score (nSPS) is 11.3. The summed E-state index contributed by atoms with van der Waals surface area (Å²) in [7, 11) is -3.23. The number of anilines is 2. The Morgan fingerprint density at radius 3 is 2.33 bits per heavy atom. The van der Waals surface area contributed by atoms with Gasteiger partial charge in [-0.1, -0.05) is 12.1 Å². The second kappa shape index (κ2) is 4.53. The predicted octanol–water partition coefficient (Wildman–Crippen LogP) is 1.44. The van der Waals surface area contributed by atoms with Crippen LogP contribution in [0.2, 0.25) is 0 Å². The molecule has 0 unspecified atom stereocenters. The monoisotopic (exact) mass is 228 g/mol. The highest BCUT2D eigenvalue weighted by Gasteiger charge is 2.19. The van der Waals surface area contributed by atoms with Gasteiger partial charge in [-0.05, 0) is 26.0 Å². The highest BCUT2D eigenvalue weighted by molar-refractivity contribution is 7.92. The summed E-state index contributed by atoms with van der Waals surface area (Å²) in [5.41, 5.74) is 6.78. The van der Waals surface area contributed by atoms with Crippen molar-refractivity contribution in [1.29, 1.82) is 0 Å². The van der Waals surface area contributed by atoms with E-state index in [1.54, 1.807) is 38.1 Å². The molecule has 0 aromatic heterocycles. The molecule has 0 aliphatic rings. The molecule has 5 heteroatoms. The van der Waals surface area contributed by atoms with Crippen molar-refractivity contribution in [1.82, 2.24) is 0 Å². The first kappa shape index (κ1) is 11.8. The van der Waals surface area contributed by atoms with Gasteiger partial charge in [-0.2, -0.15) is 0 Å². The van der Waals surface area contributed by atoms with Crippen LogP contribution >= 0.6 is 0 Å². The van der Waals surface area contributed by atoms with Crippen molar-refractivity contribution in [3.63, 3.8) is 0 Å². The first-order valence-corrected chi connectivity index (χ1v) is 6.48. The number of nitrogen functional groups attached to an aromatic ring is 1. The third-order valence-corrected chi connectivity index (χ3v) is 4.05. The Balaban J connectivity index is 3.20. The topological polar surface area (TPSA) is 63.4 Å². The van der Waals surface area contributed by atoms with Crippen LogP contribution in [-0.4, -0.2) is 20.7 Å². The van der Waals surface area contributed by atoms with Gasteiger partial charge in [-0.15, -0.1) is 0 Å². The van der Waals surface area contributed by atoms with E-state index in [0.29, 0.717) is 17.9 Å². The van der Waals surface area contributed by atoms with E-state index < -0.39 is 10.0 Å². The zero-order valence-corrected chi connectivity index (χ0v) is 9.79. The Morgan fingerprint density at radius 2 is 1.87 bits per heavy atom. The van der Waals surface area contributed by atoms with E-state index in [1.807, 2.05) is 0 Å². The van der Waals surface area contributed by atoms with Gasteiger partial charge < -0.3 is 5.73 Å². The molecule has 0 atom stereocenters. The summed E-state index contributed by atoms with van der Waals surface area (Å²) < 4.78 is 24.8. The van der Waals surface area contributed by atoms with Crippen LogP contribution in [0.25, 0.3) is 0 Å². The third-order valence-electron chi connectivity index (χ3n) is 2.19. The van der Waals surface area contributed by atoms with Crippen molar-refractivity contribution in [2.24, 2.45) is 0 Å². The smallest absolute Gasteiger partial charge is 0.234 e. The molecule has 2 N–H and O–H groups in total. The molecule has 4 nitrogen and oxygen atoms in total. The van der Waals surface area contributed by atoms with Gasteiger partial charge in [-0.25, -0.2) is 8.42 Å². The van der Waals surface area contributed by atoms with Crippen LogP contribution in [0, 0.1) is 0 Å². The number of benzene rings is 1. The van der Waals surface area contributed by atoms with Crippen LogP contribution in [0.3, 0.4) is 0 Å². The van der Waals surface area contributed by atoms with Crippen molar-refractivity contribution in [2.75, 3.05) is 22.3 Å². The summed E-state index contributed by atoms with van der Waals surface area (Å²) in [4.78, 5) is 0. The number of nitrogens with zero attached hydrogens (tertiary/aromatic N) is 1. The fraction of sp³-hybridized carbons (Fsp3) is 0.400. The van der Waals surface area contributed by atoms with Gasteiger partial charge in [-0.3, -0.25) is 4.31 Å². The number of hydrogen-bond donors (Lipinski definition) is 1. The van der Waals surface area contributed by atoms with E-state index in [0.717, 1.165) is 0 Å². The maximum Gasteiger partial charge on any atom is 0.234 e. The number of rotatable bonds is 4. The van der Waals surface area contributed by atoms with Crippen molar-refractivity contribution in [2.45, 2.75) is 13.8 Å². The van der Waals surface area contributed by atoms with Crippen molar-refractivity contribution in [3.05, 3.63) is 24.3 Å². The molecule has 1 aromatic carbocycles. The standard InChI is InChI=1S/C10H16N2O2S/c1-3-12(15(13,14)4-2)10-8-6-5-7-9(10)11/h5-8H,3-4,11H2,1-2H3. The molecule has 0 radical (unpaired) electrons. The Kier molecular flexibility index (Phi) is 3.57. The molecule has 1 rings (SSSR count). The average molecular weight is 228 g/mol. The van der Waals surface area contributed by atoms with Crippen LogP contribution in [0.15, 0.2) is 24.3 Å². The Morgan fingerprint density at radius 1 is 1.27 bits per heavy atom. The molecule has 0 fully saturated rings. The van der Waals surface area contributed by atoms with Gasteiger partial charge in [0.25, 0.3) is 0 Å². The molecule has 84 valence electrons. The second-order valence-electron chi connectivity index (χ2n) is 3.12. The SMILES string of the molecule is CCN(c1ccccc1N)S(=O)(=O)CC. The molecule has 0 aliphatic heterocycles. The van der Waals surface area contributed by atoms with Gasteiger partial charge in [0.1, 0.15) is 0 Å². The molecule has 0 spiro atoms. The Bertz CT molecular complexity index is 429. The third kappa shape index (κ3) is 2.41. The Labute approximate surface area is 90.8 Å². The summed E-state index contributed by atoms with van der Waals surface area (Å²) >= 11 is 0. The van der Waals surface area contributed by atoms with E-state index in [1.165, 1.54) is 4.31 Å². The number of hydrogen-bond acceptors (Lipinski definition) is 3. The van der Waals surface area contributed by atoms with E-state index in [-0.39, 0.29) is 5.75 Å². The van der Waals surface area contributed by atoms with Crippen molar-refractivity contribution in [3.8, 4) is 0 Å². The zero-order valence-electron chi connectivity index (χ0n) is 8.97. The lowest BCUT2D eigenvalue weighted by molar-refractivity contribution is 0.593. The van der Waals surface area contributed by atoms with Crippen LogP contribution < -0.4 is 10.0 Å². The minimum absolute atomic E-state index is 0.0785. The van der Waals surface area contributed by atoms with E-state index >= 15 is 0 Å². The highest BCUT2D eigenvalue weighted by Crippen LogP contribution is 2.24. The quantitative estimate of drug-likeness (QED) is 0.793. The maximum atomic E-state index is 11.8. The van der Waals surface area contributed by atoms with Gasteiger partial charge in [0.2, 0.25) is 10.0 Å². The van der Waals surface area contributed by atoms with Crippen LogP contribution in [0.1, 0.15) is 13.8 Å². The van der Waals surface area contributed by atoms with Gasteiger partial charge in [0, 0.05) is 6.54 Å². The summed E-state index contributed by atoms with van der Waals surface area (Å²) in [6.07, 6.45) is 0. The number of para-hydroxylation sites is 2. The Hall–Kier alpha value is -1.23. The van der Waals surface area contributed by atoms with E-state index in [2.05, 4.69) is 0 Å². The van der Waals surface area contributed by atoms with Crippen LogP contribution in [-0.2, 0) is 10.0 Å². The highest BCUT2D eigenvalue weighted by atomic mass is 32.2. The molecule has 0 saturated carbocycles. The number of nitrogens with two attached hydrogens (primary N) is 1. The lowest BCUT2D eigenvalue weighted by atomic mass is 10.3. The molecule has 0 aliphatic carbocycles. The minimum Gasteiger partial charge on any atom is -0.397 e. The minimum atomic E-state index is -3.23. The molecular weight excluding hydrogens is 212 g/mol. The van der Waals surface area contributed by atoms with E-state index in [4.69, 9.17) is 5.73 Å². The molecular formula is C10H16N2O2S. The van der Waals surface area contributed by atoms with Crippen LogP contribution in [0.5, 0.6) is 0 Å². The number of sulfonamides is 1. The molecule has 0 bridgehead atoms. The van der Waals surface area contributed by atoms with Gasteiger partial charge >= 0.3 is 0 Å². The summed E-state index contributed by atoms with van der Waals surface area (Å²) in [5.74, 6) is 0.0785. The zero-order chi connectivity index (χ0) is 11.5. The van der Waals surface area contributed by atoms with E-state index in [9.17, 15) is 8.42 Å². The molecule has 1 aromatic rings. The second-order valence-corrected chi connectivity index (χ2v) is 5.31. The largest absolute Gasteiger partial charge is 0.397 e. The summed E-state index contributed by atoms with van der Waals surface area (Å²) in [5, 5.41) is 0. The lowest BCUT2D eigenvalue weighted by Gasteiger charge is -2.23. The fourth-order valence-electron chi connectivity index (χ4n) is 1.39. The van der Waals surface area contributed by atoms with Gasteiger partial charge in [0.05, 0.1) is 17.1 Å². The molecule has 0 saturated heterocycles. The summed E-state index contributed by atoms with van der Waals surface area (Å²) in [6.45, 7) is 3.81. The van der Waals surface area contributed by atoms with Gasteiger partial charge in [0.15, 0.2) is 0 Å². The summed E-state index contributed by atoms with van der Waals surface area (Å²) in [6, 6.07) is 6.97. The van der Waals surface area contributed by atoms with Crippen molar-refractivity contribution < 1.29 is 8.42 Å². The first-order chi connectivity index (χ1) is 7.03. The van der Waals surface area contributed by atoms with Crippen molar-refractivity contribution >= 4 is 21.4 Å². The maximum absolute atomic E-state index is 11.8. The first-order valence-electron chi connectivity index (χ1n) is 4.87. The average Bonchev–Trinajstić information content (AvgIpc) is 2.21.